The van der Waals surface area contributed by atoms with E-state index in [2.05, 4.69) is 0 Å². The monoisotopic (exact) mass is 420 g/mol. The fourth-order valence-electron chi connectivity index (χ4n) is 4.48. The van der Waals surface area contributed by atoms with E-state index in [0.717, 1.165) is 17.8 Å². The van der Waals surface area contributed by atoms with Crippen LogP contribution in [0.15, 0.2) is 60.7 Å². The summed E-state index contributed by atoms with van der Waals surface area (Å²) in [6.45, 7) is 0. The predicted molar refractivity (Wildman–Crippen MR) is 121 cm³/mol. The molecule has 4 rings (SSSR count). The Balaban J connectivity index is 1.51. The molecular formula is C25H28N2O4. The zero-order valence-corrected chi connectivity index (χ0v) is 18.3. The molecular weight excluding hydrogens is 392 g/mol. The summed E-state index contributed by atoms with van der Waals surface area (Å²) in [7, 11) is 7.72. The Morgan fingerprint density at radius 3 is 1.55 bits per heavy atom. The molecule has 2 bridgehead atoms. The number of ether oxygens (including phenoxy) is 2. The Bertz CT molecular complexity index is 935. The number of fused-ring (bicyclic) bond motifs is 2. The number of anilines is 2. The number of hydrogen-bond donors (Lipinski definition) is 0. The van der Waals surface area contributed by atoms with Gasteiger partial charge in [-0.2, -0.15) is 0 Å². The van der Waals surface area contributed by atoms with Gasteiger partial charge in [0.2, 0.25) is 0 Å². The summed E-state index contributed by atoms with van der Waals surface area (Å²) < 4.78 is 11.4. The lowest BCUT2D eigenvalue weighted by Gasteiger charge is -2.25. The average molecular weight is 421 g/mol. The van der Waals surface area contributed by atoms with Gasteiger partial charge in [0, 0.05) is 51.7 Å². The molecule has 4 unspecified atom stereocenters. The summed E-state index contributed by atoms with van der Waals surface area (Å²) in [5.41, 5.74) is 1.88. The minimum Gasteiger partial charge on any atom is -0.426 e. The molecule has 6 nitrogen and oxygen atoms in total. The molecule has 0 radical (unpaired) electrons. The zero-order chi connectivity index (χ0) is 22.1. The Labute approximate surface area is 183 Å². The molecule has 0 aromatic heterocycles. The van der Waals surface area contributed by atoms with Gasteiger partial charge in [-0.25, -0.2) is 0 Å². The summed E-state index contributed by atoms with van der Waals surface area (Å²) in [5.74, 6) is -0.874. The lowest BCUT2D eigenvalue weighted by atomic mass is 9.83. The first-order valence-corrected chi connectivity index (χ1v) is 10.5. The molecule has 1 fully saturated rings. The molecule has 2 aliphatic carbocycles. The van der Waals surface area contributed by atoms with Crippen LogP contribution in [-0.2, 0) is 9.59 Å². The van der Waals surface area contributed by atoms with Crippen LogP contribution in [0.25, 0.3) is 0 Å². The van der Waals surface area contributed by atoms with Crippen molar-refractivity contribution in [2.75, 3.05) is 38.0 Å². The highest BCUT2D eigenvalue weighted by Gasteiger charge is 2.53. The van der Waals surface area contributed by atoms with Crippen LogP contribution in [0.2, 0.25) is 0 Å². The van der Waals surface area contributed by atoms with Gasteiger partial charge in [0.05, 0.1) is 11.8 Å². The average Bonchev–Trinajstić information content (AvgIpc) is 3.36. The molecule has 2 aromatic carbocycles. The van der Waals surface area contributed by atoms with Crippen LogP contribution in [0, 0.1) is 23.7 Å². The first kappa shape index (κ1) is 21.0. The van der Waals surface area contributed by atoms with Crippen LogP contribution in [0.5, 0.6) is 11.5 Å². The molecule has 0 N–H and O–H groups in total. The highest BCUT2D eigenvalue weighted by atomic mass is 16.5. The van der Waals surface area contributed by atoms with E-state index in [1.165, 1.54) is 0 Å². The Hall–Kier alpha value is -3.28. The first-order chi connectivity index (χ1) is 14.8. The van der Waals surface area contributed by atoms with Crippen LogP contribution in [-0.4, -0.2) is 40.1 Å². The lowest BCUT2D eigenvalue weighted by Crippen LogP contribution is -2.37. The number of nitrogens with zero attached hydrogens (tertiary/aromatic N) is 2. The zero-order valence-electron chi connectivity index (χ0n) is 18.3. The van der Waals surface area contributed by atoms with Crippen molar-refractivity contribution >= 4 is 23.3 Å². The molecule has 0 heterocycles. The van der Waals surface area contributed by atoms with Crippen molar-refractivity contribution in [3.05, 3.63) is 60.7 Å². The lowest BCUT2D eigenvalue weighted by molar-refractivity contribution is -0.151. The maximum absolute atomic E-state index is 13.1. The van der Waals surface area contributed by atoms with E-state index in [4.69, 9.17) is 9.47 Å². The van der Waals surface area contributed by atoms with Crippen LogP contribution in [0.3, 0.4) is 0 Å². The highest BCUT2D eigenvalue weighted by Crippen LogP contribution is 2.49. The van der Waals surface area contributed by atoms with E-state index in [0.29, 0.717) is 11.5 Å². The summed E-state index contributed by atoms with van der Waals surface area (Å²) in [5, 5.41) is 0. The van der Waals surface area contributed by atoms with E-state index in [-0.39, 0.29) is 23.8 Å². The summed E-state index contributed by atoms with van der Waals surface area (Å²) in [6.07, 6.45) is 4.83. The Morgan fingerprint density at radius 1 is 0.742 bits per heavy atom. The smallest absolute Gasteiger partial charge is 0.315 e. The van der Waals surface area contributed by atoms with Gasteiger partial charge in [-0.15, -0.1) is 0 Å². The van der Waals surface area contributed by atoms with Gasteiger partial charge in [0.1, 0.15) is 11.5 Å². The number of carbonyl (C=O) groups is 2. The van der Waals surface area contributed by atoms with Gasteiger partial charge < -0.3 is 19.3 Å². The van der Waals surface area contributed by atoms with E-state index in [1.807, 2.05) is 86.5 Å². The predicted octanol–water partition coefficient (Wildman–Crippen LogP) is 3.77. The quantitative estimate of drug-likeness (QED) is 0.403. The number of rotatable bonds is 6. The third-order valence-corrected chi connectivity index (χ3v) is 6.11. The fraction of sp³-hybridized carbons (Fsp3) is 0.360. The van der Waals surface area contributed by atoms with Gasteiger partial charge in [-0.3, -0.25) is 9.59 Å². The molecule has 2 aromatic rings. The molecule has 0 aliphatic heterocycles. The normalized spacial score (nSPS) is 23.5. The summed E-state index contributed by atoms with van der Waals surface area (Å²) in [6, 6.07) is 14.7. The maximum atomic E-state index is 13.1. The van der Waals surface area contributed by atoms with Crippen molar-refractivity contribution in [1.82, 2.24) is 0 Å². The van der Waals surface area contributed by atoms with Crippen molar-refractivity contribution in [1.29, 1.82) is 0 Å². The molecule has 0 saturated heterocycles. The highest BCUT2D eigenvalue weighted by molar-refractivity contribution is 5.86. The van der Waals surface area contributed by atoms with Crippen LogP contribution >= 0.6 is 0 Å². The maximum Gasteiger partial charge on any atom is 0.315 e. The first-order valence-electron chi connectivity index (χ1n) is 10.5. The number of benzene rings is 2. The number of allylic oxidation sites excluding steroid dienone is 2. The molecule has 162 valence electrons. The van der Waals surface area contributed by atoms with Crippen molar-refractivity contribution in [2.45, 2.75) is 6.42 Å². The summed E-state index contributed by atoms with van der Waals surface area (Å²) >= 11 is 0. The van der Waals surface area contributed by atoms with Crippen LogP contribution < -0.4 is 19.3 Å². The number of esters is 2. The molecule has 0 amide bonds. The topological polar surface area (TPSA) is 59.1 Å². The number of carbonyl (C=O) groups excluding carboxylic acids is 2. The minimum absolute atomic E-state index is 0.000177. The van der Waals surface area contributed by atoms with Crippen molar-refractivity contribution in [3.63, 3.8) is 0 Å². The van der Waals surface area contributed by atoms with Gasteiger partial charge in [-0.05, 0) is 42.5 Å². The van der Waals surface area contributed by atoms with Crippen LogP contribution in [0.4, 0.5) is 11.4 Å². The Morgan fingerprint density at radius 2 is 1.16 bits per heavy atom. The van der Waals surface area contributed by atoms with Crippen molar-refractivity contribution < 1.29 is 19.1 Å². The van der Waals surface area contributed by atoms with Crippen molar-refractivity contribution in [3.8, 4) is 11.5 Å². The third-order valence-electron chi connectivity index (χ3n) is 6.11. The van der Waals surface area contributed by atoms with E-state index in [1.54, 1.807) is 12.1 Å². The van der Waals surface area contributed by atoms with E-state index in [9.17, 15) is 9.59 Å². The molecule has 31 heavy (non-hydrogen) atoms. The van der Waals surface area contributed by atoms with Gasteiger partial charge >= 0.3 is 11.9 Å². The number of hydrogen-bond acceptors (Lipinski definition) is 6. The fourth-order valence-corrected chi connectivity index (χ4v) is 4.48. The van der Waals surface area contributed by atoms with E-state index < -0.39 is 11.8 Å². The SMILES string of the molecule is CN(C)c1cccc(OC(=O)C2C3C=CC(C3)C2C(=O)Oc2cccc(N(C)C)c2)c1. The second kappa shape index (κ2) is 8.46. The Kier molecular flexibility index (Phi) is 5.72. The summed E-state index contributed by atoms with van der Waals surface area (Å²) in [4.78, 5) is 30.1. The largest absolute Gasteiger partial charge is 0.426 e. The van der Waals surface area contributed by atoms with Gasteiger partial charge in [0.25, 0.3) is 0 Å². The standard InChI is InChI=1S/C25H28N2O4/c1-26(2)18-7-5-9-20(14-18)30-24(28)22-16-11-12-17(13-16)23(22)25(29)31-21-10-6-8-19(15-21)27(3)4/h5-12,14-17,22-23H,13H2,1-4H3. The minimum atomic E-state index is -0.539. The molecule has 2 aliphatic rings. The van der Waals surface area contributed by atoms with Crippen molar-refractivity contribution in [2.24, 2.45) is 23.7 Å². The van der Waals surface area contributed by atoms with Gasteiger partial charge in [0.15, 0.2) is 0 Å². The third kappa shape index (κ3) is 4.29. The van der Waals surface area contributed by atoms with Gasteiger partial charge in [-0.1, -0.05) is 24.3 Å². The second-order valence-corrected chi connectivity index (χ2v) is 8.63. The second-order valence-electron chi connectivity index (χ2n) is 8.63. The van der Waals surface area contributed by atoms with Crippen LogP contribution in [0.1, 0.15) is 6.42 Å². The molecule has 6 heteroatoms. The molecule has 0 spiro atoms. The van der Waals surface area contributed by atoms with E-state index >= 15 is 0 Å². The molecule has 4 atom stereocenters. The molecule has 1 saturated carbocycles.